The topological polar surface area (TPSA) is 131 Å². The van der Waals surface area contributed by atoms with Crippen molar-refractivity contribution in [1.29, 1.82) is 0 Å². The van der Waals surface area contributed by atoms with Crippen molar-refractivity contribution in [2.45, 2.75) is 6.42 Å². The molecule has 1 aliphatic rings. The number of nitrogen functional groups attached to an aromatic ring is 1. The number of nitrogens with one attached hydrogen (secondary N) is 1. The first kappa shape index (κ1) is 18.2. The molecule has 0 saturated carbocycles. The largest absolute Gasteiger partial charge is 0.493 e. The van der Waals surface area contributed by atoms with E-state index in [2.05, 4.69) is 15.5 Å². The first-order valence-electron chi connectivity index (χ1n) is 8.92. The van der Waals surface area contributed by atoms with Crippen LogP contribution < -0.4 is 21.3 Å². The molecule has 4 rings (SSSR count). The molecule has 0 spiro atoms. The molecule has 5 N–H and O–H groups in total. The van der Waals surface area contributed by atoms with E-state index < -0.39 is 7.12 Å². The summed E-state index contributed by atoms with van der Waals surface area (Å²) in [4.78, 5) is 11.4. The number of hydrogen-bond donors (Lipinski definition) is 4. The van der Waals surface area contributed by atoms with E-state index >= 15 is 0 Å². The molecule has 0 bridgehead atoms. The van der Waals surface area contributed by atoms with Gasteiger partial charge in [0.15, 0.2) is 0 Å². The third-order valence-corrected chi connectivity index (χ3v) is 4.82. The van der Waals surface area contributed by atoms with Gasteiger partial charge < -0.3 is 25.8 Å². The minimum atomic E-state index is -1.60. The van der Waals surface area contributed by atoms with E-state index in [0.717, 1.165) is 10.9 Å². The molecule has 1 atom stereocenters. The number of hydrogen-bond acceptors (Lipinski definition) is 7. The number of nitrogens with two attached hydrogens (primary N) is 1. The molecule has 1 aromatic heterocycles. The van der Waals surface area contributed by atoms with Crippen LogP contribution in [-0.2, 0) is 4.79 Å². The standard InChI is InChI=1S/C19H19BN4O4/c21-16-9-23-24-17-6-12(1-3-14(16)17)15-7-13(20(26)27)2-4-18(15)28-10-11-5-19(25)22-8-11/h1-4,6-7,9,11,26-27H,5,8,10H2,(H2,21,24)(H,22,25). The quantitative estimate of drug-likeness (QED) is 0.462. The lowest BCUT2D eigenvalue weighted by atomic mass is 9.79. The fourth-order valence-electron chi connectivity index (χ4n) is 3.30. The second-order valence-corrected chi connectivity index (χ2v) is 6.85. The number of amides is 1. The highest BCUT2D eigenvalue weighted by atomic mass is 16.5. The SMILES string of the molecule is Nc1cnnc2cc(-c3cc(B(O)O)ccc3OCC3CNC(=O)C3)ccc12. The third-order valence-electron chi connectivity index (χ3n) is 4.82. The summed E-state index contributed by atoms with van der Waals surface area (Å²) < 4.78 is 5.98. The number of aromatic nitrogens is 2. The number of nitrogens with zero attached hydrogens (tertiary/aromatic N) is 2. The molecule has 1 fully saturated rings. The van der Waals surface area contributed by atoms with E-state index in [0.29, 0.717) is 47.6 Å². The molecule has 1 unspecified atom stereocenters. The monoisotopic (exact) mass is 378 g/mol. The van der Waals surface area contributed by atoms with Gasteiger partial charge in [0, 0.05) is 29.8 Å². The second-order valence-electron chi connectivity index (χ2n) is 6.85. The van der Waals surface area contributed by atoms with E-state index in [-0.39, 0.29) is 11.8 Å². The first-order chi connectivity index (χ1) is 13.5. The highest BCUT2D eigenvalue weighted by molar-refractivity contribution is 6.58. The van der Waals surface area contributed by atoms with Gasteiger partial charge in [-0.15, -0.1) is 0 Å². The summed E-state index contributed by atoms with van der Waals surface area (Å²) >= 11 is 0. The zero-order chi connectivity index (χ0) is 19.7. The Kier molecular flexibility index (Phi) is 4.85. The highest BCUT2D eigenvalue weighted by Gasteiger charge is 2.23. The molecule has 2 heterocycles. The lowest BCUT2D eigenvalue weighted by molar-refractivity contribution is -0.119. The van der Waals surface area contributed by atoms with E-state index in [4.69, 9.17) is 10.5 Å². The van der Waals surface area contributed by atoms with Gasteiger partial charge in [-0.25, -0.2) is 0 Å². The van der Waals surface area contributed by atoms with Crippen molar-refractivity contribution in [3.8, 4) is 16.9 Å². The van der Waals surface area contributed by atoms with Crippen molar-refractivity contribution >= 4 is 35.1 Å². The van der Waals surface area contributed by atoms with Crippen LogP contribution in [0.1, 0.15) is 6.42 Å². The van der Waals surface area contributed by atoms with Gasteiger partial charge in [-0.2, -0.15) is 10.2 Å². The predicted molar refractivity (Wildman–Crippen MR) is 106 cm³/mol. The molecule has 1 amide bonds. The smallest absolute Gasteiger partial charge is 0.488 e. The number of fused-ring (bicyclic) bond motifs is 1. The van der Waals surface area contributed by atoms with E-state index in [1.807, 2.05) is 18.2 Å². The van der Waals surface area contributed by atoms with Gasteiger partial charge in [0.05, 0.1) is 24.0 Å². The molecule has 1 saturated heterocycles. The first-order valence-corrected chi connectivity index (χ1v) is 8.92. The number of ether oxygens (including phenoxy) is 1. The van der Waals surface area contributed by atoms with Gasteiger partial charge >= 0.3 is 7.12 Å². The van der Waals surface area contributed by atoms with Gasteiger partial charge in [-0.1, -0.05) is 18.2 Å². The molecular formula is C19H19BN4O4. The van der Waals surface area contributed by atoms with Crippen LogP contribution in [-0.4, -0.2) is 46.4 Å². The molecule has 1 aliphatic heterocycles. The Hall–Kier alpha value is -3.17. The zero-order valence-corrected chi connectivity index (χ0v) is 15.0. The fraction of sp³-hybridized carbons (Fsp3) is 0.211. The van der Waals surface area contributed by atoms with Gasteiger partial charge in [-0.05, 0) is 29.2 Å². The molecule has 142 valence electrons. The Labute approximate surface area is 161 Å². The van der Waals surface area contributed by atoms with Crippen molar-refractivity contribution in [1.82, 2.24) is 15.5 Å². The van der Waals surface area contributed by atoms with Crippen molar-refractivity contribution in [2.24, 2.45) is 5.92 Å². The molecule has 0 aliphatic carbocycles. The summed E-state index contributed by atoms with van der Waals surface area (Å²) in [6.07, 6.45) is 1.93. The van der Waals surface area contributed by atoms with E-state index in [1.165, 1.54) is 6.20 Å². The van der Waals surface area contributed by atoms with Crippen LogP contribution in [0.2, 0.25) is 0 Å². The average Bonchev–Trinajstić information content (AvgIpc) is 3.11. The van der Waals surface area contributed by atoms with Gasteiger partial charge in [0.2, 0.25) is 5.91 Å². The van der Waals surface area contributed by atoms with Crippen molar-refractivity contribution in [3.05, 3.63) is 42.6 Å². The van der Waals surface area contributed by atoms with Gasteiger partial charge in [0.25, 0.3) is 0 Å². The van der Waals surface area contributed by atoms with Crippen molar-refractivity contribution in [2.75, 3.05) is 18.9 Å². The minimum Gasteiger partial charge on any atom is -0.493 e. The Bertz CT molecular complexity index is 1040. The number of carbonyl (C=O) groups excluding carboxylic acids is 1. The number of carbonyl (C=O) groups is 1. The van der Waals surface area contributed by atoms with Crippen LogP contribution in [0, 0.1) is 5.92 Å². The van der Waals surface area contributed by atoms with Crippen LogP contribution in [0.3, 0.4) is 0 Å². The van der Waals surface area contributed by atoms with Crippen LogP contribution in [0.15, 0.2) is 42.6 Å². The maximum absolute atomic E-state index is 11.4. The summed E-state index contributed by atoms with van der Waals surface area (Å²) in [7, 11) is -1.60. The van der Waals surface area contributed by atoms with Crippen LogP contribution in [0.25, 0.3) is 22.0 Å². The molecule has 0 radical (unpaired) electrons. The summed E-state index contributed by atoms with van der Waals surface area (Å²) in [6, 6.07) is 10.5. The average molecular weight is 378 g/mol. The molecule has 28 heavy (non-hydrogen) atoms. The molecule has 8 nitrogen and oxygen atoms in total. The third kappa shape index (κ3) is 3.62. The van der Waals surface area contributed by atoms with E-state index in [9.17, 15) is 14.8 Å². The second kappa shape index (κ2) is 7.45. The molecule has 3 aromatic rings. The lowest BCUT2D eigenvalue weighted by Crippen LogP contribution is -2.29. The maximum atomic E-state index is 11.4. The highest BCUT2D eigenvalue weighted by Crippen LogP contribution is 2.32. The molecular weight excluding hydrogens is 359 g/mol. The van der Waals surface area contributed by atoms with Crippen molar-refractivity contribution < 1.29 is 19.6 Å². The van der Waals surface area contributed by atoms with Crippen molar-refractivity contribution in [3.63, 3.8) is 0 Å². The Morgan fingerprint density at radius 1 is 1.25 bits per heavy atom. The predicted octanol–water partition coefficient (Wildman–Crippen LogP) is 0.0737. The molecule has 2 aromatic carbocycles. The maximum Gasteiger partial charge on any atom is 0.488 e. The summed E-state index contributed by atoms with van der Waals surface area (Å²) in [5.41, 5.74) is 8.92. The van der Waals surface area contributed by atoms with Crippen LogP contribution in [0.4, 0.5) is 5.69 Å². The zero-order valence-electron chi connectivity index (χ0n) is 15.0. The summed E-state index contributed by atoms with van der Waals surface area (Å²) in [6.45, 7) is 0.972. The number of benzene rings is 2. The Balaban J connectivity index is 1.70. The number of anilines is 1. The Morgan fingerprint density at radius 2 is 2.11 bits per heavy atom. The lowest BCUT2D eigenvalue weighted by Gasteiger charge is -2.16. The van der Waals surface area contributed by atoms with Crippen LogP contribution >= 0.6 is 0 Å². The van der Waals surface area contributed by atoms with Gasteiger partial charge in [0.1, 0.15) is 5.75 Å². The number of rotatable bonds is 5. The van der Waals surface area contributed by atoms with E-state index in [1.54, 1.807) is 18.2 Å². The minimum absolute atomic E-state index is 0.0262. The van der Waals surface area contributed by atoms with Crippen LogP contribution in [0.5, 0.6) is 5.75 Å². The summed E-state index contributed by atoms with van der Waals surface area (Å²) in [5.74, 6) is 0.712. The summed E-state index contributed by atoms with van der Waals surface area (Å²) in [5, 5.41) is 30.7. The normalized spacial score (nSPS) is 16.2. The van der Waals surface area contributed by atoms with Gasteiger partial charge in [-0.3, -0.25) is 4.79 Å². The fourth-order valence-corrected chi connectivity index (χ4v) is 3.30. The molecule has 9 heteroatoms. The Morgan fingerprint density at radius 3 is 2.86 bits per heavy atom.